The Kier molecular flexibility index (Phi) is 2.33. The van der Waals surface area contributed by atoms with Gasteiger partial charge in [0.25, 0.3) is 5.56 Å². The van der Waals surface area contributed by atoms with Gasteiger partial charge >= 0.3 is 0 Å². The first kappa shape index (κ1) is 10.3. The molecule has 0 aliphatic carbocycles. The number of aromatic nitrogens is 2. The highest BCUT2D eigenvalue weighted by atomic mass is 32.1. The molecule has 5 heteroatoms. The Labute approximate surface area is 101 Å². The molecule has 1 N–H and O–H groups in total. The molecule has 0 fully saturated rings. The van der Waals surface area contributed by atoms with Crippen molar-refractivity contribution >= 4 is 21.6 Å². The number of aryl methyl sites for hydroxylation is 1. The number of furan rings is 1. The van der Waals surface area contributed by atoms with Gasteiger partial charge in [-0.3, -0.25) is 4.79 Å². The lowest BCUT2D eigenvalue weighted by Crippen LogP contribution is -2.02. The highest BCUT2D eigenvalue weighted by Crippen LogP contribution is 2.33. The molecule has 0 spiro atoms. The molecule has 0 saturated carbocycles. The average molecular weight is 246 g/mol. The van der Waals surface area contributed by atoms with E-state index in [9.17, 15) is 4.79 Å². The van der Waals surface area contributed by atoms with E-state index in [0.717, 1.165) is 28.1 Å². The van der Waals surface area contributed by atoms with Crippen LogP contribution in [0, 0.1) is 0 Å². The smallest absolute Gasteiger partial charge is 0.268 e. The van der Waals surface area contributed by atoms with Gasteiger partial charge in [0.1, 0.15) is 10.5 Å². The van der Waals surface area contributed by atoms with Gasteiger partial charge < -0.3 is 9.40 Å². The van der Waals surface area contributed by atoms with Gasteiger partial charge in [-0.15, -0.1) is 11.3 Å². The van der Waals surface area contributed by atoms with Crippen molar-refractivity contribution in [2.45, 2.75) is 13.3 Å². The molecule has 0 radical (unpaired) electrons. The van der Waals surface area contributed by atoms with Gasteiger partial charge in [-0.05, 0) is 12.1 Å². The monoisotopic (exact) mass is 246 g/mol. The van der Waals surface area contributed by atoms with Crippen molar-refractivity contribution in [1.82, 2.24) is 9.97 Å². The Morgan fingerprint density at radius 3 is 3.18 bits per heavy atom. The summed E-state index contributed by atoms with van der Waals surface area (Å²) in [5.74, 6) is 0.938. The predicted molar refractivity (Wildman–Crippen MR) is 67.3 cm³/mol. The maximum Gasteiger partial charge on any atom is 0.268 e. The van der Waals surface area contributed by atoms with Crippen LogP contribution in [0.25, 0.3) is 20.7 Å². The molecule has 0 aliphatic rings. The number of H-pyrrole nitrogens is 1. The molecule has 3 aromatic heterocycles. The van der Waals surface area contributed by atoms with E-state index in [1.165, 1.54) is 17.7 Å². The summed E-state index contributed by atoms with van der Waals surface area (Å²) in [7, 11) is 0. The standard InChI is InChI=1S/C12H10N2O2S/c1-2-9-7(3-4-16-9)10-5-8-11(17-10)12(15)14-6-13-8/h3-6H,2H2,1H3,(H,13,14,15). The number of aromatic amines is 1. The second kappa shape index (κ2) is 3.85. The van der Waals surface area contributed by atoms with Gasteiger partial charge in [0.05, 0.1) is 18.1 Å². The van der Waals surface area contributed by atoms with E-state index >= 15 is 0 Å². The summed E-state index contributed by atoms with van der Waals surface area (Å²) >= 11 is 1.44. The molecule has 17 heavy (non-hydrogen) atoms. The van der Waals surface area contributed by atoms with E-state index in [1.54, 1.807) is 6.26 Å². The highest BCUT2D eigenvalue weighted by Gasteiger charge is 2.12. The maximum absolute atomic E-state index is 11.6. The fourth-order valence-electron chi connectivity index (χ4n) is 1.83. The van der Waals surface area contributed by atoms with E-state index in [0.29, 0.717) is 4.70 Å². The third-order valence-electron chi connectivity index (χ3n) is 2.65. The SMILES string of the molecule is CCc1occc1-c1cc2nc[nH]c(=O)c2s1. The fraction of sp³-hybridized carbons (Fsp3) is 0.167. The van der Waals surface area contributed by atoms with Crippen molar-refractivity contribution in [3.63, 3.8) is 0 Å². The lowest BCUT2D eigenvalue weighted by molar-refractivity contribution is 0.517. The van der Waals surface area contributed by atoms with Crippen LogP contribution in [-0.4, -0.2) is 9.97 Å². The van der Waals surface area contributed by atoms with Crippen LogP contribution in [0.5, 0.6) is 0 Å². The molecule has 0 unspecified atom stereocenters. The van der Waals surface area contributed by atoms with Crippen LogP contribution in [-0.2, 0) is 6.42 Å². The third kappa shape index (κ3) is 1.59. The topological polar surface area (TPSA) is 58.9 Å². The number of nitrogens with zero attached hydrogens (tertiary/aromatic N) is 1. The number of hydrogen-bond acceptors (Lipinski definition) is 4. The Morgan fingerprint density at radius 1 is 1.53 bits per heavy atom. The van der Waals surface area contributed by atoms with E-state index in [-0.39, 0.29) is 5.56 Å². The first-order valence-electron chi connectivity index (χ1n) is 5.33. The molecule has 86 valence electrons. The molecule has 3 heterocycles. The van der Waals surface area contributed by atoms with Crippen LogP contribution in [0.15, 0.2) is 33.9 Å². The summed E-state index contributed by atoms with van der Waals surface area (Å²) in [5, 5.41) is 0. The lowest BCUT2D eigenvalue weighted by atomic mass is 10.2. The van der Waals surface area contributed by atoms with Gasteiger partial charge in [-0.25, -0.2) is 4.98 Å². The minimum atomic E-state index is -0.0900. The molecule has 4 nitrogen and oxygen atoms in total. The summed E-state index contributed by atoms with van der Waals surface area (Å²) in [6, 6.07) is 3.86. The number of rotatable bonds is 2. The zero-order valence-electron chi connectivity index (χ0n) is 9.19. The van der Waals surface area contributed by atoms with E-state index < -0.39 is 0 Å². The molecule has 3 aromatic rings. The first-order chi connectivity index (χ1) is 8.29. The summed E-state index contributed by atoms with van der Waals surface area (Å²) in [6.07, 6.45) is 3.94. The number of nitrogens with one attached hydrogen (secondary N) is 1. The van der Waals surface area contributed by atoms with Crippen LogP contribution in [0.4, 0.5) is 0 Å². The van der Waals surface area contributed by atoms with Crippen LogP contribution in [0.3, 0.4) is 0 Å². The van der Waals surface area contributed by atoms with Gasteiger partial charge in [0, 0.05) is 16.9 Å². The van der Waals surface area contributed by atoms with Crippen molar-refractivity contribution in [1.29, 1.82) is 0 Å². The number of hydrogen-bond donors (Lipinski definition) is 1. The molecule has 0 saturated heterocycles. The first-order valence-corrected chi connectivity index (χ1v) is 6.15. The maximum atomic E-state index is 11.6. The fourth-order valence-corrected chi connectivity index (χ4v) is 2.88. The highest BCUT2D eigenvalue weighted by molar-refractivity contribution is 7.22. The molecule has 3 rings (SSSR count). The Bertz CT molecular complexity index is 723. The summed E-state index contributed by atoms with van der Waals surface area (Å²) in [5.41, 5.74) is 1.69. The van der Waals surface area contributed by atoms with Crippen molar-refractivity contribution in [3.05, 3.63) is 40.8 Å². The van der Waals surface area contributed by atoms with Crippen molar-refractivity contribution in [2.75, 3.05) is 0 Å². The van der Waals surface area contributed by atoms with Crippen LogP contribution >= 0.6 is 11.3 Å². The minimum Gasteiger partial charge on any atom is -0.469 e. The zero-order chi connectivity index (χ0) is 11.8. The Morgan fingerprint density at radius 2 is 2.41 bits per heavy atom. The average Bonchev–Trinajstić information content (AvgIpc) is 2.94. The van der Waals surface area contributed by atoms with Crippen molar-refractivity contribution < 1.29 is 4.42 Å². The van der Waals surface area contributed by atoms with Gasteiger partial charge in [-0.1, -0.05) is 6.92 Å². The van der Waals surface area contributed by atoms with Gasteiger partial charge in [0.15, 0.2) is 0 Å². The van der Waals surface area contributed by atoms with Crippen molar-refractivity contribution in [2.24, 2.45) is 0 Å². The number of fused-ring (bicyclic) bond motifs is 1. The second-order valence-corrected chi connectivity index (χ2v) is 4.72. The Balaban J connectivity index is 2.25. The lowest BCUT2D eigenvalue weighted by Gasteiger charge is -1.94. The predicted octanol–water partition coefficient (Wildman–Crippen LogP) is 2.81. The Hall–Kier alpha value is -1.88. The molecular formula is C12H10N2O2S. The largest absolute Gasteiger partial charge is 0.469 e. The second-order valence-electron chi connectivity index (χ2n) is 3.67. The summed E-state index contributed by atoms with van der Waals surface area (Å²) in [4.78, 5) is 19.4. The van der Waals surface area contributed by atoms with Crippen LogP contribution in [0.1, 0.15) is 12.7 Å². The summed E-state index contributed by atoms with van der Waals surface area (Å²) < 4.78 is 6.05. The van der Waals surface area contributed by atoms with Gasteiger partial charge in [-0.2, -0.15) is 0 Å². The molecule has 0 atom stereocenters. The third-order valence-corrected chi connectivity index (χ3v) is 3.81. The normalized spacial score (nSPS) is 11.1. The minimum absolute atomic E-state index is 0.0900. The molecular weight excluding hydrogens is 236 g/mol. The number of thiophene rings is 1. The zero-order valence-corrected chi connectivity index (χ0v) is 10.0. The quantitative estimate of drug-likeness (QED) is 0.756. The molecule has 0 aliphatic heterocycles. The molecule has 0 bridgehead atoms. The van der Waals surface area contributed by atoms with E-state index in [2.05, 4.69) is 9.97 Å². The van der Waals surface area contributed by atoms with Crippen LogP contribution < -0.4 is 5.56 Å². The molecule has 0 amide bonds. The van der Waals surface area contributed by atoms with Crippen LogP contribution in [0.2, 0.25) is 0 Å². The summed E-state index contributed by atoms with van der Waals surface area (Å²) in [6.45, 7) is 2.04. The van der Waals surface area contributed by atoms with E-state index in [4.69, 9.17) is 4.42 Å². The molecule has 0 aromatic carbocycles. The van der Waals surface area contributed by atoms with Crippen molar-refractivity contribution in [3.8, 4) is 10.4 Å². The van der Waals surface area contributed by atoms with E-state index in [1.807, 2.05) is 19.1 Å². The van der Waals surface area contributed by atoms with Gasteiger partial charge in [0.2, 0.25) is 0 Å².